The quantitative estimate of drug-likeness (QED) is 0.592. The molecule has 2 fully saturated rings. The summed E-state index contributed by atoms with van der Waals surface area (Å²) in [4.78, 5) is 24.4. The number of hydrogen-bond acceptors (Lipinski definition) is 2. The first-order valence-corrected chi connectivity index (χ1v) is 7.53. The van der Waals surface area contributed by atoms with Gasteiger partial charge in [0.25, 0.3) is 11.8 Å². The number of rotatable bonds is 6. The molecule has 1 unspecified atom stereocenters. The second-order valence-electron chi connectivity index (χ2n) is 6.05. The van der Waals surface area contributed by atoms with E-state index >= 15 is 0 Å². The summed E-state index contributed by atoms with van der Waals surface area (Å²) >= 11 is 0. The highest BCUT2D eigenvalue weighted by atomic mass is 16.2. The van der Waals surface area contributed by atoms with Crippen molar-refractivity contribution < 1.29 is 14.5 Å². The molecule has 0 aromatic carbocycles. The average molecular weight is 268 g/mol. The minimum absolute atomic E-state index is 0.0606. The van der Waals surface area contributed by atoms with Crippen molar-refractivity contribution in [1.29, 1.82) is 0 Å². The van der Waals surface area contributed by atoms with Crippen molar-refractivity contribution in [3.63, 3.8) is 0 Å². The lowest BCUT2D eigenvalue weighted by molar-refractivity contribution is -0.862. The molecule has 0 aliphatic heterocycles. The van der Waals surface area contributed by atoms with Gasteiger partial charge in [0.1, 0.15) is 0 Å². The van der Waals surface area contributed by atoms with Crippen LogP contribution in [0.15, 0.2) is 0 Å². The van der Waals surface area contributed by atoms with Gasteiger partial charge in [-0.2, -0.15) is 0 Å². The molecule has 0 aromatic rings. The summed E-state index contributed by atoms with van der Waals surface area (Å²) in [5.41, 5.74) is 0. The van der Waals surface area contributed by atoms with E-state index in [9.17, 15) is 9.59 Å². The molecular weight excluding hydrogens is 242 g/mol. The average Bonchev–Trinajstić information content (AvgIpc) is 3.13. The molecule has 2 aliphatic carbocycles. The maximum atomic E-state index is 11.9. The molecule has 5 heteroatoms. The Bertz CT molecular complexity index is 323. The number of nitrogens with one attached hydrogen (secondary N) is 3. The van der Waals surface area contributed by atoms with Crippen LogP contribution in [0.1, 0.15) is 44.9 Å². The zero-order chi connectivity index (χ0) is 13.7. The lowest BCUT2D eigenvalue weighted by Crippen LogP contribution is -3.11. The van der Waals surface area contributed by atoms with Crippen LogP contribution in [0.25, 0.3) is 0 Å². The van der Waals surface area contributed by atoms with Crippen molar-refractivity contribution in [2.75, 3.05) is 20.1 Å². The van der Waals surface area contributed by atoms with Gasteiger partial charge in [-0.1, -0.05) is 19.3 Å². The Morgan fingerprint density at radius 3 is 1.84 bits per heavy atom. The summed E-state index contributed by atoms with van der Waals surface area (Å²) in [5, 5.41) is 6.03. The number of amides is 2. The Hall–Kier alpha value is -1.10. The fourth-order valence-corrected chi connectivity index (χ4v) is 2.64. The SMILES string of the molecule is C[NH+](CC(=O)NC1CCCCC1)CC(=O)NC1CC1. The highest BCUT2D eigenvalue weighted by Crippen LogP contribution is 2.18. The summed E-state index contributed by atoms with van der Waals surface area (Å²) < 4.78 is 0. The highest BCUT2D eigenvalue weighted by Gasteiger charge is 2.25. The summed E-state index contributed by atoms with van der Waals surface area (Å²) in [5.74, 6) is 0.133. The van der Waals surface area contributed by atoms with Gasteiger partial charge in [0.15, 0.2) is 13.1 Å². The van der Waals surface area contributed by atoms with Crippen LogP contribution < -0.4 is 15.5 Å². The van der Waals surface area contributed by atoms with Gasteiger partial charge in [0.2, 0.25) is 0 Å². The van der Waals surface area contributed by atoms with Crippen molar-refractivity contribution in [2.45, 2.75) is 57.0 Å². The number of carbonyl (C=O) groups is 2. The zero-order valence-electron chi connectivity index (χ0n) is 11.8. The van der Waals surface area contributed by atoms with Gasteiger partial charge in [0, 0.05) is 12.1 Å². The fourth-order valence-electron chi connectivity index (χ4n) is 2.64. The molecule has 3 N–H and O–H groups in total. The maximum absolute atomic E-state index is 11.9. The van der Waals surface area contributed by atoms with E-state index in [1.807, 2.05) is 7.05 Å². The largest absolute Gasteiger partial charge is 0.348 e. The molecular formula is C14H26N3O2+. The smallest absolute Gasteiger partial charge is 0.275 e. The monoisotopic (exact) mass is 268 g/mol. The molecule has 2 rings (SSSR count). The van der Waals surface area contributed by atoms with Crippen LogP contribution in [0, 0.1) is 0 Å². The third-order valence-electron chi connectivity index (χ3n) is 3.84. The number of hydrogen-bond donors (Lipinski definition) is 3. The molecule has 2 saturated carbocycles. The van der Waals surface area contributed by atoms with E-state index in [0.717, 1.165) is 30.6 Å². The third-order valence-corrected chi connectivity index (χ3v) is 3.84. The first-order chi connectivity index (χ1) is 9.13. The molecule has 1 atom stereocenters. The number of carbonyl (C=O) groups excluding carboxylic acids is 2. The minimum Gasteiger partial charge on any atom is -0.348 e. The van der Waals surface area contributed by atoms with Gasteiger partial charge in [-0.05, 0) is 25.7 Å². The highest BCUT2D eigenvalue weighted by molar-refractivity contribution is 5.79. The topological polar surface area (TPSA) is 62.6 Å². The molecule has 0 spiro atoms. The van der Waals surface area contributed by atoms with E-state index in [1.165, 1.54) is 19.3 Å². The van der Waals surface area contributed by atoms with Gasteiger partial charge in [-0.3, -0.25) is 9.59 Å². The second kappa shape index (κ2) is 6.89. The van der Waals surface area contributed by atoms with E-state index in [2.05, 4.69) is 10.6 Å². The summed E-state index contributed by atoms with van der Waals surface area (Å²) in [6.07, 6.45) is 8.15. The van der Waals surface area contributed by atoms with Gasteiger partial charge in [0.05, 0.1) is 7.05 Å². The fraction of sp³-hybridized carbons (Fsp3) is 0.857. The van der Waals surface area contributed by atoms with Crippen LogP contribution in [0.4, 0.5) is 0 Å². The van der Waals surface area contributed by atoms with Crippen molar-refractivity contribution in [1.82, 2.24) is 10.6 Å². The lowest BCUT2D eigenvalue weighted by atomic mass is 9.95. The van der Waals surface area contributed by atoms with Crippen LogP contribution in [0.3, 0.4) is 0 Å². The molecule has 0 heterocycles. The van der Waals surface area contributed by atoms with E-state index in [1.54, 1.807) is 0 Å². The molecule has 2 amide bonds. The van der Waals surface area contributed by atoms with Crippen LogP contribution in [-0.4, -0.2) is 44.0 Å². The number of likely N-dealkylation sites (N-methyl/N-ethyl adjacent to an activating group) is 1. The Morgan fingerprint density at radius 2 is 1.37 bits per heavy atom. The Morgan fingerprint density at radius 1 is 0.895 bits per heavy atom. The normalized spacial score (nSPS) is 21.7. The summed E-state index contributed by atoms with van der Waals surface area (Å²) in [6, 6.07) is 0.755. The Balaban J connectivity index is 1.61. The minimum atomic E-state index is 0.0606. The van der Waals surface area contributed by atoms with Gasteiger partial charge < -0.3 is 15.5 Å². The first-order valence-electron chi connectivity index (χ1n) is 7.53. The molecule has 5 nitrogen and oxygen atoms in total. The molecule has 0 aromatic heterocycles. The predicted octanol–water partition coefficient (Wildman–Crippen LogP) is -0.771. The van der Waals surface area contributed by atoms with Crippen LogP contribution >= 0.6 is 0 Å². The number of quaternary nitrogens is 1. The molecule has 0 saturated heterocycles. The molecule has 0 radical (unpaired) electrons. The van der Waals surface area contributed by atoms with Crippen molar-refractivity contribution >= 4 is 11.8 Å². The van der Waals surface area contributed by atoms with Gasteiger partial charge in [-0.25, -0.2) is 0 Å². The van der Waals surface area contributed by atoms with Gasteiger partial charge >= 0.3 is 0 Å². The third kappa shape index (κ3) is 5.59. The molecule has 0 bridgehead atoms. The summed E-state index contributed by atoms with van der Waals surface area (Å²) in [7, 11) is 1.90. The van der Waals surface area contributed by atoms with E-state index in [0.29, 0.717) is 25.2 Å². The second-order valence-corrected chi connectivity index (χ2v) is 6.05. The van der Waals surface area contributed by atoms with Crippen LogP contribution in [0.2, 0.25) is 0 Å². The van der Waals surface area contributed by atoms with Crippen LogP contribution in [0.5, 0.6) is 0 Å². The Kier molecular flexibility index (Phi) is 5.19. The van der Waals surface area contributed by atoms with E-state index in [4.69, 9.17) is 0 Å². The Labute approximate surface area is 115 Å². The molecule has 108 valence electrons. The van der Waals surface area contributed by atoms with Crippen molar-refractivity contribution in [3.05, 3.63) is 0 Å². The van der Waals surface area contributed by atoms with Gasteiger partial charge in [-0.15, -0.1) is 0 Å². The zero-order valence-corrected chi connectivity index (χ0v) is 11.8. The van der Waals surface area contributed by atoms with E-state index < -0.39 is 0 Å². The molecule has 19 heavy (non-hydrogen) atoms. The summed E-state index contributed by atoms with van der Waals surface area (Å²) in [6.45, 7) is 0.767. The van der Waals surface area contributed by atoms with Crippen molar-refractivity contribution in [2.24, 2.45) is 0 Å². The molecule has 2 aliphatic rings. The van der Waals surface area contributed by atoms with Crippen LogP contribution in [-0.2, 0) is 9.59 Å². The first kappa shape index (κ1) is 14.3. The van der Waals surface area contributed by atoms with E-state index in [-0.39, 0.29) is 11.8 Å². The lowest BCUT2D eigenvalue weighted by Gasteiger charge is -2.23. The predicted molar refractivity (Wildman–Crippen MR) is 72.8 cm³/mol. The standard InChI is InChI=1S/C14H25N3O2/c1-17(10-14(19)16-12-7-8-12)9-13(18)15-11-5-3-2-4-6-11/h11-12H,2-10H2,1H3,(H,15,18)(H,16,19)/p+1. The maximum Gasteiger partial charge on any atom is 0.275 e. The van der Waals surface area contributed by atoms with Crippen molar-refractivity contribution in [3.8, 4) is 0 Å².